The van der Waals surface area contributed by atoms with Gasteiger partial charge in [-0.1, -0.05) is 12.8 Å². The molecular weight excluding hydrogens is 236 g/mol. The van der Waals surface area contributed by atoms with Gasteiger partial charge in [0.2, 0.25) is 0 Å². The number of aryl methyl sites for hydroxylation is 1. The molecule has 2 heterocycles. The van der Waals surface area contributed by atoms with Gasteiger partial charge < -0.3 is 10.0 Å². The molecule has 2 aliphatic rings. The molecule has 0 unspecified atom stereocenters. The standard InChI is InChI=1S/C16H24N2O/c1-13-5-7-17-15(9-13)18-8-2-6-16(11-18,12-19)10-14-3-4-14/h5,7,9,14,19H,2-4,6,8,10-12H2,1H3/t16-/m1/s1. The molecule has 19 heavy (non-hydrogen) atoms. The van der Waals surface area contributed by atoms with Gasteiger partial charge in [-0.25, -0.2) is 4.98 Å². The van der Waals surface area contributed by atoms with E-state index in [1.807, 2.05) is 12.3 Å². The largest absolute Gasteiger partial charge is 0.396 e. The molecule has 0 bridgehead atoms. The maximum atomic E-state index is 9.89. The van der Waals surface area contributed by atoms with Crippen LogP contribution in [0, 0.1) is 18.3 Å². The number of aliphatic hydroxyl groups excluding tert-OH is 1. The number of hydrogen-bond donors (Lipinski definition) is 1. The fraction of sp³-hybridized carbons (Fsp3) is 0.688. The van der Waals surface area contributed by atoms with Gasteiger partial charge in [-0.15, -0.1) is 0 Å². The Bertz CT molecular complexity index is 444. The molecule has 1 aromatic heterocycles. The Morgan fingerprint density at radius 1 is 1.47 bits per heavy atom. The summed E-state index contributed by atoms with van der Waals surface area (Å²) >= 11 is 0. The second-order valence-electron chi connectivity index (χ2n) is 6.52. The quantitative estimate of drug-likeness (QED) is 0.904. The second kappa shape index (κ2) is 5.12. The van der Waals surface area contributed by atoms with Gasteiger partial charge in [0.25, 0.3) is 0 Å². The summed E-state index contributed by atoms with van der Waals surface area (Å²) in [6, 6.07) is 4.20. The lowest BCUT2D eigenvalue weighted by Crippen LogP contribution is -2.46. The van der Waals surface area contributed by atoms with E-state index in [2.05, 4.69) is 22.9 Å². The van der Waals surface area contributed by atoms with Gasteiger partial charge >= 0.3 is 0 Å². The van der Waals surface area contributed by atoms with Crippen molar-refractivity contribution in [3.8, 4) is 0 Å². The van der Waals surface area contributed by atoms with Crippen LogP contribution >= 0.6 is 0 Å². The highest BCUT2D eigenvalue weighted by Crippen LogP contribution is 2.44. The molecule has 3 heteroatoms. The van der Waals surface area contributed by atoms with Gasteiger partial charge in [-0.2, -0.15) is 0 Å². The Hall–Kier alpha value is -1.09. The molecule has 0 radical (unpaired) electrons. The van der Waals surface area contributed by atoms with Gasteiger partial charge in [0.1, 0.15) is 5.82 Å². The third-order valence-electron chi connectivity index (χ3n) is 4.64. The number of aliphatic hydroxyl groups is 1. The van der Waals surface area contributed by atoms with Crippen LogP contribution in [0.5, 0.6) is 0 Å². The molecule has 104 valence electrons. The summed E-state index contributed by atoms with van der Waals surface area (Å²) in [6.45, 7) is 4.48. The first kappa shape index (κ1) is 12.9. The average Bonchev–Trinajstić information content (AvgIpc) is 3.23. The van der Waals surface area contributed by atoms with Crippen molar-refractivity contribution in [1.82, 2.24) is 4.98 Å². The highest BCUT2D eigenvalue weighted by molar-refractivity contribution is 5.41. The number of piperidine rings is 1. The predicted octanol–water partition coefficient (Wildman–Crippen LogP) is 2.77. The van der Waals surface area contributed by atoms with E-state index in [0.29, 0.717) is 6.61 Å². The van der Waals surface area contributed by atoms with Crippen molar-refractivity contribution in [1.29, 1.82) is 0 Å². The third-order valence-corrected chi connectivity index (χ3v) is 4.64. The summed E-state index contributed by atoms with van der Waals surface area (Å²) in [5.74, 6) is 1.95. The lowest BCUT2D eigenvalue weighted by Gasteiger charge is -2.42. The molecule has 1 aliphatic carbocycles. The van der Waals surface area contributed by atoms with Crippen molar-refractivity contribution < 1.29 is 5.11 Å². The number of pyridine rings is 1. The third kappa shape index (κ3) is 2.92. The molecule has 0 aromatic carbocycles. The summed E-state index contributed by atoms with van der Waals surface area (Å²) in [5.41, 5.74) is 1.37. The number of hydrogen-bond acceptors (Lipinski definition) is 3. The molecule has 3 nitrogen and oxygen atoms in total. The first-order valence-electron chi connectivity index (χ1n) is 7.49. The first-order valence-corrected chi connectivity index (χ1v) is 7.49. The summed E-state index contributed by atoms with van der Waals surface area (Å²) in [5, 5.41) is 9.89. The Morgan fingerprint density at radius 3 is 3.00 bits per heavy atom. The van der Waals surface area contributed by atoms with Crippen LogP contribution in [0.2, 0.25) is 0 Å². The Kier molecular flexibility index (Phi) is 3.48. The zero-order valence-corrected chi connectivity index (χ0v) is 11.8. The van der Waals surface area contributed by atoms with E-state index in [-0.39, 0.29) is 5.41 Å². The molecule has 0 spiro atoms. The van der Waals surface area contributed by atoms with Crippen LogP contribution in [-0.2, 0) is 0 Å². The van der Waals surface area contributed by atoms with Crippen molar-refractivity contribution in [2.45, 2.75) is 39.0 Å². The van der Waals surface area contributed by atoms with Crippen molar-refractivity contribution >= 4 is 5.82 Å². The van der Waals surface area contributed by atoms with Crippen LogP contribution in [0.15, 0.2) is 18.3 Å². The molecule has 1 N–H and O–H groups in total. The second-order valence-corrected chi connectivity index (χ2v) is 6.52. The van der Waals surface area contributed by atoms with Gasteiger partial charge in [-0.05, 0) is 49.8 Å². The van der Waals surface area contributed by atoms with Crippen molar-refractivity contribution in [3.63, 3.8) is 0 Å². The normalized spacial score (nSPS) is 27.6. The van der Waals surface area contributed by atoms with E-state index < -0.39 is 0 Å². The van der Waals surface area contributed by atoms with E-state index in [9.17, 15) is 5.11 Å². The summed E-state index contributed by atoms with van der Waals surface area (Å²) in [7, 11) is 0. The van der Waals surface area contributed by atoms with Gasteiger partial charge in [0, 0.05) is 24.7 Å². The van der Waals surface area contributed by atoms with E-state index in [4.69, 9.17) is 0 Å². The van der Waals surface area contributed by atoms with Crippen molar-refractivity contribution in [2.75, 3.05) is 24.6 Å². The molecule has 1 saturated heterocycles. The Balaban J connectivity index is 1.75. The first-order chi connectivity index (χ1) is 9.21. The highest BCUT2D eigenvalue weighted by atomic mass is 16.3. The minimum Gasteiger partial charge on any atom is -0.396 e. The number of aromatic nitrogens is 1. The molecule has 1 aromatic rings. The van der Waals surface area contributed by atoms with E-state index in [0.717, 1.165) is 24.8 Å². The minimum atomic E-state index is 0.116. The van der Waals surface area contributed by atoms with Crippen molar-refractivity contribution in [3.05, 3.63) is 23.9 Å². The number of nitrogens with zero attached hydrogens (tertiary/aromatic N) is 2. The van der Waals surface area contributed by atoms with Gasteiger partial charge in [-0.3, -0.25) is 0 Å². The van der Waals surface area contributed by atoms with Gasteiger partial charge in [0.05, 0.1) is 6.61 Å². The molecule has 3 rings (SSSR count). The fourth-order valence-electron chi connectivity index (χ4n) is 3.39. The molecule has 1 aliphatic heterocycles. The summed E-state index contributed by atoms with van der Waals surface area (Å²) in [4.78, 5) is 6.87. The number of anilines is 1. The van der Waals surface area contributed by atoms with Crippen LogP contribution in [0.25, 0.3) is 0 Å². The Morgan fingerprint density at radius 2 is 2.32 bits per heavy atom. The number of rotatable bonds is 4. The lowest BCUT2D eigenvalue weighted by molar-refractivity contribution is 0.0901. The lowest BCUT2D eigenvalue weighted by atomic mass is 9.76. The van der Waals surface area contributed by atoms with E-state index in [1.54, 1.807) is 0 Å². The van der Waals surface area contributed by atoms with Gasteiger partial charge in [0.15, 0.2) is 0 Å². The highest BCUT2D eigenvalue weighted by Gasteiger charge is 2.40. The van der Waals surface area contributed by atoms with E-state index >= 15 is 0 Å². The maximum Gasteiger partial charge on any atom is 0.128 e. The zero-order chi connectivity index (χ0) is 13.3. The smallest absolute Gasteiger partial charge is 0.128 e. The fourth-order valence-corrected chi connectivity index (χ4v) is 3.39. The van der Waals surface area contributed by atoms with Crippen molar-refractivity contribution in [2.24, 2.45) is 11.3 Å². The molecule has 0 amide bonds. The maximum absolute atomic E-state index is 9.89. The molecule has 2 fully saturated rings. The molecule has 1 atom stereocenters. The minimum absolute atomic E-state index is 0.116. The zero-order valence-electron chi connectivity index (χ0n) is 11.8. The SMILES string of the molecule is Cc1ccnc(N2CCC[C@@](CO)(CC3CC3)C2)c1. The monoisotopic (exact) mass is 260 g/mol. The van der Waals surface area contributed by atoms with Crippen LogP contribution in [-0.4, -0.2) is 29.8 Å². The van der Waals surface area contributed by atoms with Crippen LogP contribution in [0.4, 0.5) is 5.82 Å². The molecular formula is C16H24N2O. The Labute approximate surface area is 115 Å². The summed E-state index contributed by atoms with van der Waals surface area (Å²) < 4.78 is 0. The summed E-state index contributed by atoms with van der Waals surface area (Å²) in [6.07, 6.45) is 8.16. The van der Waals surface area contributed by atoms with E-state index in [1.165, 1.54) is 37.7 Å². The topological polar surface area (TPSA) is 36.4 Å². The van der Waals surface area contributed by atoms with Crippen LogP contribution in [0.3, 0.4) is 0 Å². The molecule has 1 saturated carbocycles. The predicted molar refractivity (Wildman–Crippen MR) is 77.3 cm³/mol. The van der Waals surface area contributed by atoms with Crippen LogP contribution in [0.1, 0.15) is 37.7 Å². The van der Waals surface area contributed by atoms with Crippen LogP contribution < -0.4 is 4.90 Å². The average molecular weight is 260 g/mol.